The monoisotopic (exact) mass is 410 g/mol. The highest BCUT2D eigenvalue weighted by Gasteiger charge is 2.55. The molecule has 2 heteroatoms. The minimum absolute atomic E-state index is 0.101. The molecule has 0 spiro atoms. The Bertz CT molecular complexity index is 959. The predicted octanol–water partition coefficient (Wildman–Crippen LogP) is 6.20. The molecule has 1 nitrogen and oxygen atoms in total. The van der Waals surface area contributed by atoms with Crippen LogP contribution in [0, 0.1) is 0 Å². The SMILES string of the molecule is CC(C)(C)N(c1ccccc1)[P+](c1ccccc1)(c1ccccc1)c1ccccc1. The molecule has 0 atom stereocenters. The van der Waals surface area contributed by atoms with Crippen LogP contribution in [0.4, 0.5) is 5.69 Å². The van der Waals surface area contributed by atoms with Crippen LogP contribution in [-0.4, -0.2) is 5.54 Å². The van der Waals surface area contributed by atoms with Crippen LogP contribution >= 0.6 is 7.41 Å². The third kappa shape index (κ3) is 3.66. The van der Waals surface area contributed by atoms with Gasteiger partial charge in [-0.2, -0.15) is 0 Å². The summed E-state index contributed by atoms with van der Waals surface area (Å²) < 4.78 is 2.68. The van der Waals surface area contributed by atoms with Gasteiger partial charge in [0.1, 0.15) is 15.9 Å². The summed E-state index contributed by atoms with van der Waals surface area (Å²) in [5.74, 6) is 0. The molecule has 0 bridgehead atoms. The van der Waals surface area contributed by atoms with Crippen molar-refractivity contribution in [1.29, 1.82) is 0 Å². The fourth-order valence-corrected chi connectivity index (χ4v) is 9.08. The Kier molecular flexibility index (Phi) is 5.75. The Morgan fingerprint density at radius 1 is 0.467 bits per heavy atom. The number of hydrogen-bond donors (Lipinski definition) is 0. The summed E-state index contributed by atoms with van der Waals surface area (Å²) >= 11 is 0. The van der Waals surface area contributed by atoms with Gasteiger partial charge in [-0.3, -0.25) is 0 Å². The van der Waals surface area contributed by atoms with Gasteiger partial charge in [-0.15, -0.1) is 0 Å². The van der Waals surface area contributed by atoms with E-state index >= 15 is 0 Å². The second-order valence-electron chi connectivity index (χ2n) is 8.46. The van der Waals surface area contributed by atoms with Crippen molar-refractivity contribution in [3.05, 3.63) is 121 Å². The number of nitrogens with zero attached hydrogens (tertiary/aromatic N) is 1. The van der Waals surface area contributed by atoms with Crippen LogP contribution in [0.5, 0.6) is 0 Å². The van der Waals surface area contributed by atoms with E-state index in [0.717, 1.165) is 0 Å². The van der Waals surface area contributed by atoms with Crippen LogP contribution < -0.4 is 20.6 Å². The van der Waals surface area contributed by atoms with Gasteiger partial charge >= 0.3 is 0 Å². The van der Waals surface area contributed by atoms with E-state index in [2.05, 4.69) is 147 Å². The molecule has 0 amide bonds. The van der Waals surface area contributed by atoms with E-state index in [1.807, 2.05) is 0 Å². The maximum absolute atomic E-state index is 2.68. The number of para-hydroxylation sites is 1. The maximum atomic E-state index is 2.68. The average molecular weight is 411 g/mol. The summed E-state index contributed by atoms with van der Waals surface area (Å²) in [6.07, 6.45) is 0. The molecular formula is C28H29NP+. The first-order valence-corrected chi connectivity index (χ1v) is 12.2. The zero-order valence-corrected chi connectivity index (χ0v) is 18.8. The van der Waals surface area contributed by atoms with Gasteiger partial charge in [-0.25, -0.2) is 4.67 Å². The van der Waals surface area contributed by atoms with Gasteiger partial charge in [0.15, 0.2) is 0 Å². The van der Waals surface area contributed by atoms with E-state index in [1.165, 1.54) is 21.6 Å². The van der Waals surface area contributed by atoms with Crippen molar-refractivity contribution in [2.75, 3.05) is 4.67 Å². The molecule has 0 aliphatic heterocycles. The lowest BCUT2D eigenvalue weighted by Gasteiger charge is -2.45. The van der Waals surface area contributed by atoms with Crippen LogP contribution in [0.15, 0.2) is 121 Å². The van der Waals surface area contributed by atoms with Crippen LogP contribution in [-0.2, 0) is 0 Å². The largest absolute Gasteiger partial charge is 0.229 e. The molecule has 150 valence electrons. The fourth-order valence-electron chi connectivity index (χ4n) is 4.30. The van der Waals surface area contributed by atoms with Crippen molar-refractivity contribution in [1.82, 2.24) is 0 Å². The van der Waals surface area contributed by atoms with Gasteiger partial charge in [0.05, 0.1) is 11.2 Å². The van der Waals surface area contributed by atoms with E-state index in [-0.39, 0.29) is 5.54 Å². The van der Waals surface area contributed by atoms with E-state index in [9.17, 15) is 0 Å². The molecule has 0 aliphatic rings. The maximum Gasteiger partial charge on any atom is 0.203 e. The molecular weight excluding hydrogens is 381 g/mol. The van der Waals surface area contributed by atoms with Crippen LogP contribution in [0.2, 0.25) is 0 Å². The second kappa shape index (κ2) is 8.46. The molecule has 0 N–H and O–H groups in total. The van der Waals surface area contributed by atoms with E-state index in [0.29, 0.717) is 0 Å². The summed E-state index contributed by atoms with van der Waals surface area (Å²) in [6.45, 7) is 6.97. The third-order valence-electron chi connectivity index (χ3n) is 5.33. The fraction of sp³-hybridized carbons (Fsp3) is 0.143. The summed E-state index contributed by atoms with van der Waals surface area (Å²) in [4.78, 5) is 0. The van der Waals surface area contributed by atoms with Gasteiger partial charge in [0, 0.05) is 0 Å². The Labute approximate surface area is 181 Å². The van der Waals surface area contributed by atoms with Crippen molar-refractivity contribution in [3.63, 3.8) is 0 Å². The minimum Gasteiger partial charge on any atom is -0.229 e. The molecule has 0 aliphatic carbocycles. The summed E-state index contributed by atoms with van der Waals surface area (Å²) in [5, 5.41) is 4.09. The molecule has 0 aromatic heterocycles. The Morgan fingerprint density at radius 2 is 0.767 bits per heavy atom. The van der Waals surface area contributed by atoms with Gasteiger partial charge < -0.3 is 0 Å². The first-order valence-electron chi connectivity index (χ1n) is 10.5. The van der Waals surface area contributed by atoms with Gasteiger partial charge in [-0.1, -0.05) is 72.8 Å². The van der Waals surface area contributed by atoms with Crippen LogP contribution in [0.3, 0.4) is 0 Å². The molecule has 0 unspecified atom stereocenters. The number of benzene rings is 4. The second-order valence-corrected chi connectivity index (χ2v) is 11.7. The molecule has 0 saturated heterocycles. The quantitative estimate of drug-likeness (QED) is 0.354. The molecule has 30 heavy (non-hydrogen) atoms. The Balaban J connectivity index is 2.17. The lowest BCUT2D eigenvalue weighted by atomic mass is 10.1. The highest BCUT2D eigenvalue weighted by molar-refractivity contribution is 7.97. The predicted molar refractivity (Wildman–Crippen MR) is 134 cm³/mol. The lowest BCUT2D eigenvalue weighted by Crippen LogP contribution is -2.51. The topological polar surface area (TPSA) is 3.24 Å². The number of hydrogen-bond acceptors (Lipinski definition) is 1. The molecule has 0 saturated carbocycles. The Morgan fingerprint density at radius 3 is 1.07 bits per heavy atom. The minimum atomic E-state index is -2.17. The van der Waals surface area contributed by atoms with Crippen molar-refractivity contribution in [2.45, 2.75) is 26.3 Å². The normalized spacial score (nSPS) is 11.8. The third-order valence-corrected chi connectivity index (χ3v) is 9.89. The molecule has 0 heterocycles. The van der Waals surface area contributed by atoms with Crippen LogP contribution in [0.25, 0.3) is 0 Å². The van der Waals surface area contributed by atoms with Crippen molar-refractivity contribution in [3.8, 4) is 0 Å². The molecule has 4 aromatic rings. The molecule has 0 radical (unpaired) electrons. The van der Waals surface area contributed by atoms with Crippen LogP contribution in [0.1, 0.15) is 20.8 Å². The highest BCUT2D eigenvalue weighted by Crippen LogP contribution is 2.62. The average Bonchev–Trinajstić information content (AvgIpc) is 2.79. The first-order chi connectivity index (χ1) is 14.5. The Hall–Kier alpha value is -2.89. The molecule has 4 aromatic carbocycles. The smallest absolute Gasteiger partial charge is 0.203 e. The summed E-state index contributed by atoms with van der Waals surface area (Å²) in [7, 11) is -2.17. The van der Waals surface area contributed by atoms with Crippen molar-refractivity contribution >= 4 is 29.0 Å². The van der Waals surface area contributed by atoms with Gasteiger partial charge in [0.2, 0.25) is 7.41 Å². The number of anilines is 1. The summed E-state index contributed by atoms with van der Waals surface area (Å²) in [5.41, 5.74) is 1.14. The van der Waals surface area contributed by atoms with E-state index in [1.54, 1.807) is 0 Å². The lowest BCUT2D eigenvalue weighted by molar-refractivity contribution is 0.585. The number of rotatable bonds is 5. The molecule has 4 rings (SSSR count). The van der Waals surface area contributed by atoms with Crippen molar-refractivity contribution in [2.24, 2.45) is 0 Å². The van der Waals surface area contributed by atoms with E-state index in [4.69, 9.17) is 0 Å². The van der Waals surface area contributed by atoms with E-state index < -0.39 is 7.41 Å². The highest BCUT2D eigenvalue weighted by atomic mass is 31.2. The molecule has 0 fully saturated rings. The van der Waals surface area contributed by atoms with Gasteiger partial charge in [-0.05, 0) is 69.3 Å². The zero-order chi connectivity index (χ0) is 21.0. The van der Waals surface area contributed by atoms with Crippen molar-refractivity contribution < 1.29 is 0 Å². The first kappa shape index (κ1) is 20.4. The van der Waals surface area contributed by atoms with Gasteiger partial charge in [0.25, 0.3) is 0 Å². The zero-order valence-electron chi connectivity index (χ0n) is 17.9. The summed E-state index contributed by atoms with van der Waals surface area (Å²) in [6, 6.07) is 44.0. The standard InChI is InChI=1S/C28H29NP/c1-28(2,3)29(24-16-8-4-9-17-24)30(25-18-10-5-11-19-25,26-20-12-6-13-21-26)27-22-14-7-15-23-27/h4-23H,1-3H3/q+1.